The fraction of sp³-hybridized carbons (Fsp3) is 0.278. The van der Waals surface area contributed by atoms with Crippen LogP contribution in [0.15, 0.2) is 53.4 Å². The molecular formula is C18H20ClNO2S. The molecule has 2 aromatic rings. The first-order chi connectivity index (χ1) is 11.0. The number of thioether (sulfide) groups is 1. The summed E-state index contributed by atoms with van der Waals surface area (Å²) in [6, 6.07) is 14.6. The van der Waals surface area contributed by atoms with Crippen molar-refractivity contribution < 1.29 is 9.90 Å². The van der Waals surface area contributed by atoms with Crippen LogP contribution in [-0.2, 0) is 11.2 Å². The second kappa shape index (κ2) is 8.85. The Kier molecular flexibility index (Phi) is 6.81. The standard InChI is InChI=1S/C18H20ClNO2S/c1-13(23-17-10-6-15(19)7-11-17)18(22)20-12-2-3-14-4-8-16(21)9-5-14/h4-11,13,21H,2-3,12H2,1H3,(H,20,22). The third-order valence-corrected chi connectivity index (χ3v) is 4.74. The van der Waals surface area contributed by atoms with Crippen molar-refractivity contribution >= 4 is 29.3 Å². The van der Waals surface area contributed by atoms with E-state index in [0.29, 0.717) is 11.6 Å². The monoisotopic (exact) mass is 349 g/mol. The molecule has 0 saturated heterocycles. The topological polar surface area (TPSA) is 49.3 Å². The summed E-state index contributed by atoms with van der Waals surface area (Å²) in [7, 11) is 0. The van der Waals surface area contributed by atoms with Crippen molar-refractivity contribution in [2.75, 3.05) is 6.54 Å². The molecule has 5 heteroatoms. The highest BCUT2D eigenvalue weighted by Gasteiger charge is 2.13. The molecule has 0 fully saturated rings. The maximum atomic E-state index is 12.1. The van der Waals surface area contributed by atoms with Crippen molar-refractivity contribution in [3.63, 3.8) is 0 Å². The van der Waals surface area contributed by atoms with Crippen molar-refractivity contribution in [1.29, 1.82) is 0 Å². The SMILES string of the molecule is CC(Sc1ccc(Cl)cc1)C(=O)NCCCc1ccc(O)cc1. The lowest BCUT2D eigenvalue weighted by Gasteiger charge is -2.12. The molecule has 0 saturated carbocycles. The third-order valence-electron chi connectivity index (χ3n) is 3.37. The first kappa shape index (κ1) is 17.7. The number of hydrogen-bond acceptors (Lipinski definition) is 3. The van der Waals surface area contributed by atoms with Gasteiger partial charge in [-0.05, 0) is 61.7 Å². The molecule has 23 heavy (non-hydrogen) atoms. The Morgan fingerprint density at radius 3 is 2.48 bits per heavy atom. The van der Waals surface area contributed by atoms with E-state index in [1.807, 2.05) is 43.3 Å². The molecule has 0 spiro atoms. The second-order valence-corrected chi connectivity index (χ2v) is 7.13. The quantitative estimate of drug-likeness (QED) is 0.579. The zero-order chi connectivity index (χ0) is 16.7. The molecular weight excluding hydrogens is 330 g/mol. The number of aromatic hydroxyl groups is 1. The van der Waals surface area contributed by atoms with Gasteiger partial charge in [0.1, 0.15) is 5.75 Å². The molecule has 0 aliphatic heterocycles. The van der Waals surface area contributed by atoms with Crippen LogP contribution >= 0.6 is 23.4 Å². The van der Waals surface area contributed by atoms with Gasteiger partial charge < -0.3 is 10.4 Å². The van der Waals surface area contributed by atoms with E-state index >= 15 is 0 Å². The summed E-state index contributed by atoms with van der Waals surface area (Å²) in [6.45, 7) is 2.54. The van der Waals surface area contributed by atoms with Crippen LogP contribution in [0.1, 0.15) is 18.9 Å². The molecule has 2 N–H and O–H groups in total. The summed E-state index contributed by atoms with van der Waals surface area (Å²) >= 11 is 7.37. The van der Waals surface area contributed by atoms with Crippen molar-refractivity contribution in [2.45, 2.75) is 29.9 Å². The molecule has 3 nitrogen and oxygen atoms in total. The Bertz CT molecular complexity index is 628. The van der Waals surface area contributed by atoms with Gasteiger partial charge in [-0.15, -0.1) is 11.8 Å². The van der Waals surface area contributed by atoms with Gasteiger partial charge in [-0.3, -0.25) is 4.79 Å². The minimum Gasteiger partial charge on any atom is -0.508 e. The molecule has 1 unspecified atom stereocenters. The average molecular weight is 350 g/mol. The number of hydrogen-bond donors (Lipinski definition) is 2. The highest BCUT2D eigenvalue weighted by Crippen LogP contribution is 2.24. The summed E-state index contributed by atoms with van der Waals surface area (Å²) in [5, 5.41) is 12.7. The van der Waals surface area contributed by atoms with Gasteiger partial charge in [-0.25, -0.2) is 0 Å². The number of carbonyl (C=O) groups is 1. The zero-order valence-electron chi connectivity index (χ0n) is 13.0. The summed E-state index contributed by atoms with van der Waals surface area (Å²) in [6.07, 6.45) is 1.74. The van der Waals surface area contributed by atoms with Crippen molar-refractivity contribution in [2.24, 2.45) is 0 Å². The normalized spacial score (nSPS) is 11.9. The number of phenols is 1. The lowest BCUT2D eigenvalue weighted by atomic mass is 10.1. The Morgan fingerprint density at radius 1 is 1.17 bits per heavy atom. The first-order valence-corrected chi connectivity index (χ1v) is 8.78. The van der Waals surface area contributed by atoms with Gasteiger partial charge in [0.15, 0.2) is 0 Å². The van der Waals surface area contributed by atoms with E-state index < -0.39 is 0 Å². The molecule has 0 aliphatic rings. The lowest BCUT2D eigenvalue weighted by molar-refractivity contribution is -0.120. The highest BCUT2D eigenvalue weighted by atomic mass is 35.5. The number of aryl methyl sites for hydroxylation is 1. The number of phenolic OH excluding ortho intramolecular Hbond substituents is 1. The number of benzene rings is 2. The van der Waals surface area contributed by atoms with Gasteiger partial charge in [0.25, 0.3) is 0 Å². The molecule has 1 amide bonds. The van der Waals surface area contributed by atoms with Crippen LogP contribution in [0.25, 0.3) is 0 Å². The smallest absolute Gasteiger partial charge is 0.233 e. The van der Waals surface area contributed by atoms with Crippen LogP contribution in [0, 0.1) is 0 Å². The van der Waals surface area contributed by atoms with E-state index in [-0.39, 0.29) is 16.9 Å². The molecule has 2 aromatic carbocycles. The van der Waals surface area contributed by atoms with Crippen LogP contribution in [0.4, 0.5) is 0 Å². The molecule has 0 aliphatic carbocycles. The lowest BCUT2D eigenvalue weighted by Crippen LogP contribution is -2.31. The molecule has 1 atom stereocenters. The summed E-state index contributed by atoms with van der Waals surface area (Å²) < 4.78 is 0. The fourth-order valence-electron chi connectivity index (χ4n) is 2.08. The molecule has 0 bridgehead atoms. The zero-order valence-corrected chi connectivity index (χ0v) is 14.5. The van der Waals surface area contributed by atoms with Crippen LogP contribution in [0.5, 0.6) is 5.75 Å². The predicted octanol–water partition coefficient (Wildman–Crippen LogP) is 4.28. The van der Waals surface area contributed by atoms with E-state index in [9.17, 15) is 9.90 Å². The third kappa shape index (κ3) is 6.16. The average Bonchev–Trinajstić information content (AvgIpc) is 2.55. The summed E-state index contributed by atoms with van der Waals surface area (Å²) in [4.78, 5) is 13.1. The van der Waals surface area contributed by atoms with E-state index in [4.69, 9.17) is 11.6 Å². The number of amides is 1. The number of nitrogens with one attached hydrogen (secondary N) is 1. The Labute approximate surface area is 146 Å². The molecule has 2 rings (SSSR count). The van der Waals surface area contributed by atoms with Crippen LogP contribution in [0.2, 0.25) is 5.02 Å². The van der Waals surface area contributed by atoms with Crippen LogP contribution in [-0.4, -0.2) is 22.8 Å². The molecule has 0 radical (unpaired) electrons. The largest absolute Gasteiger partial charge is 0.508 e. The Balaban J connectivity index is 1.69. The second-order valence-electron chi connectivity index (χ2n) is 5.28. The van der Waals surface area contributed by atoms with Crippen molar-refractivity contribution in [3.05, 3.63) is 59.1 Å². The van der Waals surface area contributed by atoms with Gasteiger partial charge >= 0.3 is 0 Å². The van der Waals surface area contributed by atoms with Crippen molar-refractivity contribution in [3.8, 4) is 5.75 Å². The Hall–Kier alpha value is -1.65. The van der Waals surface area contributed by atoms with Crippen LogP contribution in [0.3, 0.4) is 0 Å². The van der Waals surface area contributed by atoms with Gasteiger partial charge in [0.05, 0.1) is 5.25 Å². The number of rotatable bonds is 7. The molecule has 0 heterocycles. The van der Waals surface area contributed by atoms with Crippen LogP contribution < -0.4 is 5.32 Å². The summed E-state index contributed by atoms with van der Waals surface area (Å²) in [5.41, 5.74) is 1.15. The van der Waals surface area contributed by atoms with Crippen molar-refractivity contribution in [1.82, 2.24) is 5.32 Å². The number of carbonyl (C=O) groups excluding carboxylic acids is 1. The minimum absolute atomic E-state index is 0.0376. The predicted molar refractivity (Wildman–Crippen MR) is 96.2 cm³/mol. The molecule has 0 aromatic heterocycles. The Morgan fingerprint density at radius 2 is 1.83 bits per heavy atom. The highest BCUT2D eigenvalue weighted by molar-refractivity contribution is 8.00. The van der Waals surface area contributed by atoms with E-state index in [1.165, 1.54) is 11.8 Å². The maximum Gasteiger partial charge on any atom is 0.233 e. The van der Waals surface area contributed by atoms with Gasteiger partial charge in [0, 0.05) is 16.5 Å². The van der Waals surface area contributed by atoms with E-state index in [0.717, 1.165) is 23.3 Å². The van der Waals surface area contributed by atoms with E-state index in [1.54, 1.807) is 12.1 Å². The number of halogens is 1. The van der Waals surface area contributed by atoms with Gasteiger partial charge in [-0.1, -0.05) is 23.7 Å². The minimum atomic E-state index is -0.148. The summed E-state index contributed by atoms with van der Waals surface area (Å²) in [5.74, 6) is 0.311. The maximum absolute atomic E-state index is 12.1. The molecule has 122 valence electrons. The van der Waals surface area contributed by atoms with Gasteiger partial charge in [0.2, 0.25) is 5.91 Å². The van der Waals surface area contributed by atoms with E-state index in [2.05, 4.69) is 5.32 Å². The van der Waals surface area contributed by atoms with Gasteiger partial charge in [-0.2, -0.15) is 0 Å². The first-order valence-electron chi connectivity index (χ1n) is 7.52. The fourth-order valence-corrected chi connectivity index (χ4v) is 3.10.